The van der Waals surface area contributed by atoms with E-state index in [1.165, 1.54) is 0 Å². The van der Waals surface area contributed by atoms with Crippen molar-refractivity contribution in [3.63, 3.8) is 0 Å². The number of methoxy groups -OCH3 is 1. The van der Waals surface area contributed by atoms with Crippen LogP contribution in [0.2, 0.25) is 0 Å². The van der Waals surface area contributed by atoms with Crippen molar-refractivity contribution in [3.8, 4) is 28.7 Å². The molecule has 0 bridgehead atoms. The topological polar surface area (TPSA) is 64.6 Å². The Labute approximate surface area is 162 Å². The summed E-state index contributed by atoms with van der Waals surface area (Å²) in [5.41, 5.74) is 2.01. The van der Waals surface area contributed by atoms with Gasteiger partial charge in [0.05, 0.1) is 38.1 Å². The van der Waals surface area contributed by atoms with Gasteiger partial charge >= 0.3 is 0 Å². The Hall–Kier alpha value is -2.64. The smallest absolute Gasteiger partial charge is 0.231 e. The van der Waals surface area contributed by atoms with Gasteiger partial charge in [0.2, 0.25) is 13.6 Å². The lowest BCUT2D eigenvalue weighted by Gasteiger charge is -2.20. The Morgan fingerprint density at radius 1 is 0.786 bits per heavy atom. The molecule has 0 aromatic heterocycles. The highest BCUT2D eigenvalue weighted by atomic mass is 16.7. The van der Waals surface area contributed by atoms with E-state index in [9.17, 15) is 0 Å². The van der Waals surface area contributed by atoms with Crippen molar-refractivity contribution in [1.82, 2.24) is 0 Å². The maximum Gasteiger partial charge on any atom is 0.231 e. The zero-order chi connectivity index (χ0) is 18.7. The van der Waals surface area contributed by atoms with Crippen LogP contribution < -0.4 is 23.7 Å². The van der Waals surface area contributed by atoms with Crippen LogP contribution >= 0.6 is 0 Å². The first-order valence-electron chi connectivity index (χ1n) is 9.42. The summed E-state index contributed by atoms with van der Waals surface area (Å²) in [6.45, 7) is 1.71. The zero-order valence-electron chi connectivity index (χ0n) is 15.4. The number of ether oxygens (including phenoxy) is 7. The third kappa shape index (κ3) is 2.29. The highest BCUT2D eigenvalue weighted by molar-refractivity contribution is 5.56. The summed E-state index contributed by atoms with van der Waals surface area (Å²) in [4.78, 5) is 0. The Morgan fingerprint density at radius 3 is 2.39 bits per heavy atom. The standard InChI is InChI=1S/C21H20O7/c1-22-15-4-5-16-21(28-10-26-16)18(15)20-13-8-23-19(12(13)7-24-20)11-2-3-14-17(6-11)27-9-25-14/h2-6,12-13,19-20H,7-10H2,1H3/t12-,13-,19+,20+/m0/s1. The molecular weight excluding hydrogens is 364 g/mol. The van der Waals surface area contributed by atoms with E-state index in [2.05, 4.69) is 0 Å². The summed E-state index contributed by atoms with van der Waals surface area (Å²) < 4.78 is 40.3. The van der Waals surface area contributed by atoms with Crippen molar-refractivity contribution >= 4 is 0 Å². The van der Waals surface area contributed by atoms with E-state index < -0.39 is 0 Å². The summed E-state index contributed by atoms with van der Waals surface area (Å²) in [5, 5.41) is 0. The van der Waals surface area contributed by atoms with Gasteiger partial charge in [0.15, 0.2) is 23.0 Å². The maximum atomic E-state index is 6.27. The van der Waals surface area contributed by atoms with E-state index in [1.807, 2.05) is 30.3 Å². The highest BCUT2D eigenvalue weighted by Gasteiger charge is 2.50. The van der Waals surface area contributed by atoms with E-state index in [-0.39, 0.29) is 37.6 Å². The predicted octanol–water partition coefficient (Wildman–Crippen LogP) is 3.23. The molecule has 0 amide bonds. The molecule has 2 aromatic carbocycles. The molecular formula is C21H20O7. The molecule has 0 radical (unpaired) electrons. The summed E-state index contributed by atoms with van der Waals surface area (Å²) in [5.74, 6) is 4.20. The largest absolute Gasteiger partial charge is 0.496 e. The highest BCUT2D eigenvalue weighted by Crippen LogP contribution is 2.56. The van der Waals surface area contributed by atoms with Crippen LogP contribution in [0.5, 0.6) is 28.7 Å². The van der Waals surface area contributed by atoms with E-state index >= 15 is 0 Å². The number of benzene rings is 2. The molecule has 146 valence electrons. The minimum Gasteiger partial charge on any atom is -0.496 e. The lowest BCUT2D eigenvalue weighted by molar-refractivity contribution is 0.0176. The Balaban J connectivity index is 1.32. The van der Waals surface area contributed by atoms with Crippen molar-refractivity contribution in [1.29, 1.82) is 0 Å². The first-order valence-corrected chi connectivity index (χ1v) is 9.42. The van der Waals surface area contributed by atoms with Crippen LogP contribution in [0.15, 0.2) is 30.3 Å². The minimum absolute atomic E-state index is 0.0376. The SMILES string of the molecule is COc1ccc2c(c1[C@@H]1OC[C@H]3[C@@H]1CO[C@@H]3c1ccc3c(c1)OCO3)OCO2. The van der Waals surface area contributed by atoms with Crippen LogP contribution in [0.4, 0.5) is 0 Å². The second-order valence-electron chi connectivity index (χ2n) is 7.36. The van der Waals surface area contributed by atoms with Gasteiger partial charge in [0, 0.05) is 11.8 Å². The molecule has 0 unspecified atom stereocenters. The predicted molar refractivity (Wildman–Crippen MR) is 96.0 cm³/mol. The van der Waals surface area contributed by atoms with Crippen molar-refractivity contribution < 1.29 is 33.2 Å². The molecule has 0 aliphatic carbocycles. The van der Waals surface area contributed by atoms with Crippen molar-refractivity contribution in [3.05, 3.63) is 41.5 Å². The van der Waals surface area contributed by atoms with E-state index in [0.29, 0.717) is 13.2 Å². The van der Waals surface area contributed by atoms with E-state index in [0.717, 1.165) is 39.9 Å². The third-order valence-corrected chi connectivity index (χ3v) is 6.03. The van der Waals surface area contributed by atoms with Gasteiger partial charge in [-0.15, -0.1) is 0 Å². The average Bonchev–Trinajstić information content (AvgIpc) is 3.50. The quantitative estimate of drug-likeness (QED) is 0.805. The normalized spacial score (nSPS) is 29.2. The molecule has 7 nitrogen and oxygen atoms in total. The summed E-state index contributed by atoms with van der Waals surface area (Å²) >= 11 is 0. The van der Waals surface area contributed by atoms with Gasteiger partial charge < -0.3 is 33.2 Å². The Morgan fingerprint density at radius 2 is 1.50 bits per heavy atom. The summed E-state index contributed by atoms with van der Waals surface area (Å²) in [6, 6.07) is 9.79. The van der Waals surface area contributed by atoms with Gasteiger partial charge in [-0.25, -0.2) is 0 Å². The van der Waals surface area contributed by atoms with E-state index in [1.54, 1.807) is 7.11 Å². The molecule has 0 N–H and O–H groups in total. The number of rotatable bonds is 3. The summed E-state index contributed by atoms with van der Waals surface area (Å²) in [6.07, 6.45) is -0.194. The van der Waals surface area contributed by atoms with Gasteiger partial charge in [-0.3, -0.25) is 0 Å². The number of hydrogen-bond donors (Lipinski definition) is 0. The van der Waals surface area contributed by atoms with Gasteiger partial charge in [0.25, 0.3) is 0 Å². The molecule has 6 rings (SSSR count). The fraction of sp³-hybridized carbons (Fsp3) is 0.429. The molecule has 0 saturated carbocycles. The first-order chi connectivity index (χ1) is 13.8. The van der Waals surface area contributed by atoms with Gasteiger partial charge in [-0.05, 0) is 29.8 Å². The molecule has 4 aliphatic heterocycles. The lowest BCUT2D eigenvalue weighted by Crippen LogP contribution is -2.15. The van der Waals surface area contributed by atoms with Crippen LogP contribution in [-0.2, 0) is 9.47 Å². The fourth-order valence-electron chi connectivity index (χ4n) is 4.70. The van der Waals surface area contributed by atoms with Crippen molar-refractivity contribution in [2.75, 3.05) is 33.9 Å². The van der Waals surface area contributed by atoms with Gasteiger partial charge in [0.1, 0.15) is 5.75 Å². The zero-order valence-corrected chi connectivity index (χ0v) is 15.4. The van der Waals surface area contributed by atoms with Crippen LogP contribution in [-0.4, -0.2) is 33.9 Å². The molecule has 2 fully saturated rings. The number of hydrogen-bond acceptors (Lipinski definition) is 7. The van der Waals surface area contributed by atoms with Crippen LogP contribution in [0.1, 0.15) is 23.3 Å². The lowest BCUT2D eigenvalue weighted by atomic mass is 9.84. The Kier molecular flexibility index (Phi) is 3.61. The average molecular weight is 384 g/mol. The molecule has 4 atom stereocenters. The van der Waals surface area contributed by atoms with Crippen LogP contribution in [0, 0.1) is 11.8 Å². The van der Waals surface area contributed by atoms with E-state index in [4.69, 9.17) is 33.2 Å². The van der Waals surface area contributed by atoms with Crippen LogP contribution in [0.3, 0.4) is 0 Å². The minimum atomic E-state index is -0.157. The monoisotopic (exact) mass is 384 g/mol. The molecule has 2 aromatic rings. The molecule has 4 heterocycles. The fourth-order valence-corrected chi connectivity index (χ4v) is 4.70. The van der Waals surface area contributed by atoms with Gasteiger partial charge in [-0.1, -0.05) is 6.07 Å². The van der Waals surface area contributed by atoms with Gasteiger partial charge in [-0.2, -0.15) is 0 Å². The van der Waals surface area contributed by atoms with Crippen LogP contribution in [0.25, 0.3) is 0 Å². The molecule has 2 saturated heterocycles. The molecule has 7 heteroatoms. The first kappa shape index (κ1) is 16.3. The summed E-state index contributed by atoms with van der Waals surface area (Å²) in [7, 11) is 1.66. The number of fused-ring (bicyclic) bond motifs is 3. The maximum absolute atomic E-state index is 6.27. The Bertz CT molecular complexity index is 927. The second kappa shape index (κ2) is 6.18. The van der Waals surface area contributed by atoms with Crippen molar-refractivity contribution in [2.24, 2.45) is 11.8 Å². The van der Waals surface area contributed by atoms with Crippen molar-refractivity contribution in [2.45, 2.75) is 12.2 Å². The molecule has 28 heavy (non-hydrogen) atoms. The third-order valence-electron chi connectivity index (χ3n) is 6.03. The molecule has 4 aliphatic rings. The second-order valence-corrected chi connectivity index (χ2v) is 7.36. The molecule has 0 spiro atoms.